The maximum absolute atomic E-state index is 11.6. The highest BCUT2D eigenvalue weighted by Gasteiger charge is 2.49. The third-order valence-electron chi connectivity index (χ3n) is 4.69. The first-order valence-electron chi connectivity index (χ1n) is 7.69. The summed E-state index contributed by atoms with van der Waals surface area (Å²) in [5.74, 6) is 0. The smallest absolute Gasteiger partial charge is 0.315 e. The van der Waals surface area contributed by atoms with Gasteiger partial charge in [-0.3, -0.25) is 0 Å². The molecule has 2 amide bonds. The van der Waals surface area contributed by atoms with Crippen LogP contribution in [0.2, 0.25) is 0 Å². The summed E-state index contributed by atoms with van der Waals surface area (Å²) >= 11 is 0. The average molecular weight is 316 g/mol. The van der Waals surface area contributed by atoms with Crippen molar-refractivity contribution in [3.8, 4) is 0 Å². The van der Waals surface area contributed by atoms with Gasteiger partial charge in [0.1, 0.15) is 18.3 Å². The van der Waals surface area contributed by atoms with Crippen LogP contribution in [0.25, 0.3) is 0 Å². The molecule has 3 aliphatic rings. The number of amides is 2. The zero-order valence-corrected chi connectivity index (χ0v) is 12.2. The minimum absolute atomic E-state index is 0.134. The van der Waals surface area contributed by atoms with Gasteiger partial charge in [0, 0.05) is 6.54 Å². The lowest BCUT2D eigenvalue weighted by atomic mass is 9.82. The number of nitrogens with one attached hydrogen (secondary N) is 2. The molecule has 3 rings (SSSR count). The fourth-order valence-corrected chi connectivity index (χ4v) is 3.39. The molecule has 0 unspecified atom stereocenters. The molecule has 2 heterocycles. The Kier molecular flexibility index (Phi) is 4.53. The molecular weight excluding hydrogens is 292 g/mol. The summed E-state index contributed by atoms with van der Waals surface area (Å²) in [6.45, 7) is 0.370. The van der Waals surface area contributed by atoms with Crippen molar-refractivity contribution in [2.75, 3.05) is 6.54 Å². The second-order valence-electron chi connectivity index (χ2n) is 6.25. The van der Waals surface area contributed by atoms with Gasteiger partial charge in [-0.25, -0.2) is 4.79 Å². The number of carbonyl (C=O) groups excluding carboxylic acids is 1. The maximum Gasteiger partial charge on any atom is 0.315 e. The van der Waals surface area contributed by atoms with E-state index < -0.39 is 36.7 Å². The largest absolute Gasteiger partial charge is 0.388 e. The molecule has 0 aromatic rings. The number of ether oxygens (including phenoxy) is 2. The quantitative estimate of drug-likeness (QED) is 0.332. The second kappa shape index (κ2) is 6.26. The summed E-state index contributed by atoms with van der Waals surface area (Å²) in [6.07, 6.45) is -1.90. The number of urea groups is 1. The SMILES string of the molecule is NC[C@@H]1CC[C@@H](N)[C@@H](O[C@H]2[C@H](O)[C@@H](O)[C@H]3C[C@@H]2NC(=O)N3)O1. The number of aliphatic hydroxyl groups is 2. The standard InChI is InChI=1S/C13H24N4O5/c14-4-5-1-2-6(15)12(21-5)22-11-8-3-7(9(18)10(11)19)16-13(20)17-8/h5-12,18-19H,1-4,14-15H2,(H2,16,17,20)/t5-,6+,7+,8-,9-,10+,11+,12+/m0/s1. The van der Waals surface area contributed by atoms with Gasteiger partial charge in [-0.2, -0.15) is 0 Å². The number of aliphatic hydroxyl groups excluding tert-OH is 2. The van der Waals surface area contributed by atoms with Crippen LogP contribution in [0.3, 0.4) is 0 Å². The number of fused-ring (bicyclic) bond motifs is 2. The van der Waals surface area contributed by atoms with Crippen LogP contribution in [0, 0.1) is 0 Å². The number of nitrogens with two attached hydrogens (primary N) is 2. The average Bonchev–Trinajstić information content (AvgIpc) is 2.51. The lowest BCUT2D eigenvalue weighted by Gasteiger charge is -2.48. The van der Waals surface area contributed by atoms with E-state index in [0.29, 0.717) is 19.4 Å². The zero-order chi connectivity index (χ0) is 15.9. The van der Waals surface area contributed by atoms with Crippen LogP contribution in [0.5, 0.6) is 0 Å². The van der Waals surface area contributed by atoms with Crippen molar-refractivity contribution in [2.45, 2.75) is 68.1 Å². The molecule has 2 bridgehead atoms. The van der Waals surface area contributed by atoms with Crippen LogP contribution < -0.4 is 22.1 Å². The Labute approximate surface area is 128 Å². The van der Waals surface area contributed by atoms with Crippen LogP contribution in [0.4, 0.5) is 4.79 Å². The third kappa shape index (κ3) is 2.92. The van der Waals surface area contributed by atoms with Gasteiger partial charge in [-0.1, -0.05) is 0 Å². The van der Waals surface area contributed by atoms with E-state index in [1.807, 2.05) is 0 Å². The first-order valence-corrected chi connectivity index (χ1v) is 7.69. The van der Waals surface area contributed by atoms with Crippen LogP contribution in [-0.2, 0) is 9.47 Å². The lowest BCUT2D eigenvalue weighted by Crippen LogP contribution is -2.71. The van der Waals surface area contributed by atoms with Gasteiger partial charge in [0.25, 0.3) is 0 Å². The Balaban J connectivity index is 1.70. The number of hydrogen-bond acceptors (Lipinski definition) is 7. The molecule has 2 aliphatic heterocycles. The van der Waals surface area contributed by atoms with Gasteiger partial charge in [0.15, 0.2) is 6.29 Å². The summed E-state index contributed by atoms with van der Waals surface area (Å²) in [5.41, 5.74) is 11.6. The molecule has 3 fully saturated rings. The van der Waals surface area contributed by atoms with Crippen LogP contribution in [-0.4, -0.2) is 71.6 Å². The fourth-order valence-electron chi connectivity index (χ4n) is 3.39. The van der Waals surface area contributed by atoms with E-state index in [-0.39, 0.29) is 18.2 Å². The van der Waals surface area contributed by atoms with Crippen molar-refractivity contribution >= 4 is 6.03 Å². The highest BCUT2D eigenvalue weighted by molar-refractivity contribution is 5.76. The molecule has 126 valence electrons. The van der Waals surface area contributed by atoms with E-state index >= 15 is 0 Å². The van der Waals surface area contributed by atoms with E-state index in [4.69, 9.17) is 20.9 Å². The van der Waals surface area contributed by atoms with Crippen molar-refractivity contribution in [2.24, 2.45) is 11.5 Å². The Morgan fingerprint density at radius 3 is 2.68 bits per heavy atom. The second-order valence-corrected chi connectivity index (χ2v) is 6.25. The molecule has 9 nitrogen and oxygen atoms in total. The Morgan fingerprint density at radius 1 is 1.23 bits per heavy atom. The number of carbonyl (C=O) groups is 1. The first-order chi connectivity index (χ1) is 10.5. The molecule has 0 aromatic heterocycles. The summed E-state index contributed by atoms with van der Waals surface area (Å²) in [6, 6.07) is -1.59. The van der Waals surface area contributed by atoms with E-state index in [1.54, 1.807) is 0 Å². The first kappa shape index (κ1) is 15.9. The molecule has 8 N–H and O–H groups in total. The van der Waals surface area contributed by atoms with Gasteiger partial charge in [-0.15, -0.1) is 0 Å². The van der Waals surface area contributed by atoms with Crippen LogP contribution in [0.15, 0.2) is 0 Å². The van der Waals surface area contributed by atoms with E-state index in [1.165, 1.54) is 0 Å². The maximum atomic E-state index is 11.6. The van der Waals surface area contributed by atoms with Gasteiger partial charge in [0.2, 0.25) is 0 Å². The number of hydrogen-bond donors (Lipinski definition) is 6. The highest BCUT2D eigenvalue weighted by Crippen LogP contribution is 2.29. The Morgan fingerprint density at radius 2 is 1.95 bits per heavy atom. The zero-order valence-electron chi connectivity index (χ0n) is 12.2. The van der Waals surface area contributed by atoms with Crippen molar-refractivity contribution in [1.29, 1.82) is 0 Å². The number of rotatable bonds is 3. The normalized spacial score (nSPS) is 48.5. The van der Waals surface area contributed by atoms with Gasteiger partial charge in [-0.05, 0) is 19.3 Å². The van der Waals surface area contributed by atoms with E-state index in [9.17, 15) is 15.0 Å². The summed E-state index contributed by atoms with van der Waals surface area (Å²) in [7, 11) is 0. The molecule has 0 radical (unpaired) electrons. The molecule has 0 spiro atoms. The summed E-state index contributed by atoms with van der Waals surface area (Å²) in [4.78, 5) is 11.6. The minimum Gasteiger partial charge on any atom is -0.388 e. The third-order valence-corrected chi connectivity index (χ3v) is 4.69. The predicted octanol–water partition coefficient (Wildman–Crippen LogP) is -2.66. The summed E-state index contributed by atoms with van der Waals surface area (Å²) in [5, 5.41) is 25.7. The van der Waals surface area contributed by atoms with Crippen LogP contribution in [0.1, 0.15) is 19.3 Å². The topological polar surface area (TPSA) is 152 Å². The Hall–Kier alpha value is -0.970. The molecule has 8 atom stereocenters. The van der Waals surface area contributed by atoms with Gasteiger partial charge in [0.05, 0.1) is 24.2 Å². The van der Waals surface area contributed by atoms with Gasteiger partial charge < -0.3 is 41.8 Å². The fraction of sp³-hybridized carbons (Fsp3) is 0.923. The molecular formula is C13H24N4O5. The van der Waals surface area contributed by atoms with Crippen molar-refractivity contribution in [3.05, 3.63) is 0 Å². The van der Waals surface area contributed by atoms with E-state index in [0.717, 1.165) is 6.42 Å². The van der Waals surface area contributed by atoms with Crippen LogP contribution >= 0.6 is 0 Å². The summed E-state index contributed by atoms with van der Waals surface area (Å²) < 4.78 is 11.5. The van der Waals surface area contributed by atoms with Crippen molar-refractivity contribution in [1.82, 2.24) is 10.6 Å². The Bertz CT molecular complexity index is 425. The van der Waals surface area contributed by atoms with E-state index in [2.05, 4.69) is 10.6 Å². The molecule has 1 aliphatic carbocycles. The van der Waals surface area contributed by atoms with Gasteiger partial charge >= 0.3 is 6.03 Å². The molecule has 22 heavy (non-hydrogen) atoms. The molecule has 1 saturated carbocycles. The molecule has 0 aromatic carbocycles. The monoisotopic (exact) mass is 316 g/mol. The molecule has 9 heteroatoms. The molecule has 2 saturated heterocycles. The predicted molar refractivity (Wildman–Crippen MR) is 75.7 cm³/mol. The minimum atomic E-state index is -1.13. The van der Waals surface area contributed by atoms with Crippen molar-refractivity contribution < 1.29 is 24.5 Å². The van der Waals surface area contributed by atoms with Crippen molar-refractivity contribution in [3.63, 3.8) is 0 Å². The highest BCUT2D eigenvalue weighted by atomic mass is 16.7. The lowest BCUT2D eigenvalue weighted by molar-refractivity contribution is -0.255.